The number of nitrogens with zero attached hydrogens (tertiary/aromatic N) is 3. The molecule has 6 nitrogen and oxygen atoms in total. The Balaban J connectivity index is 1.80. The Hall–Kier alpha value is -3.15. The third-order valence-corrected chi connectivity index (χ3v) is 3.07. The topological polar surface area (TPSA) is 69.0 Å². The van der Waals surface area contributed by atoms with Crippen molar-refractivity contribution in [3.8, 4) is 11.4 Å². The SMILES string of the molecule is COc1ccccc1NC(=O)c1cnn(-c2ccccc2)n1. The number of hydrogen-bond acceptors (Lipinski definition) is 4. The summed E-state index contributed by atoms with van der Waals surface area (Å²) < 4.78 is 5.20. The molecule has 0 aliphatic heterocycles. The van der Waals surface area contributed by atoms with E-state index in [9.17, 15) is 4.79 Å². The zero-order valence-electron chi connectivity index (χ0n) is 11.9. The monoisotopic (exact) mass is 294 g/mol. The van der Waals surface area contributed by atoms with Gasteiger partial charge in [-0.3, -0.25) is 4.79 Å². The maximum absolute atomic E-state index is 12.2. The van der Waals surface area contributed by atoms with Crippen LogP contribution in [0.3, 0.4) is 0 Å². The number of amides is 1. The van der Waals surface area contributed by atoms with E-state index in [-0.39, 0.29) is 11.6 Å². The Kier molecular flexibility index (Phi) is 3.82. The van der Waals surface area contributed by atoms with Crippen molar-refractivity contribution in [2.45, 2.75) is 0 Å². The van der Waals surface area contributed by atoms with Crippen molar-refractivity contribution in [3.05, 3.63) is 66.5 Å². The average Bonchev–Trinajstić information content (AvgIpc) is 3.06. The molecule has 0 spiro atoms. The maximum atomic E-state index is 12.2. The van der Waals surface area contributed by atoms with Crippen LogP contribution in [0.1, 0.15) is 10.5 Å². The molecule has 0 fully saturated rings. The van der Waals surface area contributed by atoms with Gasteiger partial charge in [-0.05, 0) is 24.3 Å². The molecule has 0 saturated carbocycles. The van der Waals surface area contributed by atoms with Crippen molar-refractivity contribution >= 4 is 11.6 Å². The second-order valence-corrected chi connectivity index (χ2v) is 4.51. The number of anilines is 1. The summed E-state index contributed by atoms with van der Waals surface area (Å²) in [6.45, 7) is 0. The maximum Gasteiger partial charge on any atom is 0.277 e. The standard InChI is InChI=1S/C16H14N4O2/c1-22-15-10-6-5-9-13(15)18-16(21)14-11-17-20(19-14)12-7-3-2-4-8-12/h2-11H,1H3,(H,18,21). The highest BCUT2D eigenvalue weighted by Gasteiger charge is 2.13. The Morgan fingerprint density at radius 3 is 2.59 bits per heavy atom. The number of benzene rings is 2. The normalized spacial score (nSPS) is 10.2. The minimum absolute atomic E-state index is 0.231. The van der Waals surface area contributed by atoms with Gasteiger partial charge in [0.15, 0.2) is 5.69 Å². The van der Waals surface area contributed by atoms with Crippen LogP contribution in [-0.4, -0.2) is 28.0 Å². The molecule has 3 rings (SSSR count). The van der Waals surface area contributed by atoms with E-state index in [1.807, 2.05) is 42.5 Å². The lowest BCUT2D eigenvalue weighted by Gasteiger charge is -2.08. The molecule has 1 amide bonds. The molecule has 0 aliphatic carbocycles. The van der Waals surface area contributed by atoms with Gasteiger partial charge in [-0.2, -0.15) is 9.90 Å². The van der Waals surface area contributed by atoms with E-state index < -0.39 is 0 Å². The lowest BCUT2D eigenvalue weighted by atomic mass is 10.3. The molecule has 0 atom stereocenters. The molecule has 1 aromatic heterocycles. The molecular formula is C16H14N4O2. The number of carbonyl (C=O) groups is 1. The molecule has 6 heteroatoms. The van der Waals surface area contributed by atoms with E-state index in [0.29, 0.717) is 11.4 Å². The molecule has 3 aromatic rings. The van der Waals surface area contributed by atoms with Crippen LogP contribution in [-0.2, 0) is 0 Å². The Morgan fingerprint density at radius 2 is 1.82 bits per heavy atom. The Bertz CT molecular complexity index is 784. The molecule has 110 valence electrons. The summed E-state index contributed by atoms with van der Waals surface area (Å²) in [5.74, 6) is 0.248. The van der Waals surface area contributed by atoms with Crippen LogP contribution in [0.25, 0.3) is 5.69 Å². The number of nitrogens with one attached hydrogen (secondary N) is 1. The fourth-order valence-corrected chi connectivity index (χ4v) is 1.99. The zero-order valence-corrected chi connectivity index (χ0v) is 11.9. The van der Waals surface area contributed by atoms with Gasteiger partial charge >= 0.3 is 0 Å². The fraction of sp³-hybridized carbons (Fsp3) is 0.0625. The smallest absolute Gasteiger partial charge is 0.277 e. The van der Waals surface area contributed by atoms with Crippen molar-refractivity contribution < 1.29 is 9.53 Å². The highest BCUT2D eigenvalue weighted by atomic mass is 16.5. The Labute approximate surface area is 127 Å². The second-order valence-electron chi connectivity index (χ2n) is 4.51. The summed E-state index contributed by atoms with van der Waals surface area (Å²) in [5.41, 5.74) is 1.61. The van der Waals surface area contributed by atoms with Gasteiger partial charge in [-0.1, -0.05) is 30.3 Å². The van der Waals surface area contributed by atoms with E-state index in [1.165, 1.54) is 11.0 Å². The molecular weight excluding hydrogens is 280 g/mol. The number of rotatable bonds is 4. The lowest BCUT2D eigenvalue weighted by Crippen LogP contribution is -2.13. The van der Waals surface area contributed by atoms with Gasteiger partial charge in [0.05, 0.1) is 24.7 Å². The number of ether oxygens (including phenoxy) is 1. The van der Waals surface area contributed by atoms with Crippen LogP contribution in [0.15, 0.2) is 60.8 Å². The zero-order chi connectivity index (χ0) is 15.4. The summed E-state index contributed by atoms with van der Waals surface area (Å²) in [5, 5.41) is 11.1. The van der Waals surface area contributed by atoms with Crippen molar-refractivity contribution in [2.24, 2.45) is 0 Å². The van der Waals surface area contributed by atoms with Crippen molar-refractivity contribution in [2.75, 3.05) is 12.4 Å². The first-order valence-corrected chi connectivity index (χ1v) is 6.70. The Morgan fingerprint density at radius 1 is 1.09 bits per heavy atom. The molecule has 2 aromatic carbocycles. The van der Waals surface area contributed by atoms with E-state index >= 15 is 0 Å². The van der Waals surface area contributed by atoms with Crippen LogP contribution in [0, 0.1) is 0 Å². The number of methoxy groups -OCH3 is 1. The summed E-state index contributed by atoms with van der Waals surface area (Å²) >= 11 is 0. The summed E-state index contributed by atoms with van der Waals surface area (Å²) in [6.07, 6.45) is 1.43. The lowest BCUT2D eigenvalue weighted by molar-refractivity contribution is 0.102. The van der Waals surface area contributed by atoms with Crippen molar-refractivity contribution in [1.82, 2.24) is 15.0 Å². The summed E-state index contributed by atoms with van der Waals surface area (Å²) in [4.78, 5) is 13.7. The van der Waals surface area contributed by atoms with Crippen LogP contribution in [0.5, 0.6) is 5.75 Å². The van der Waals surface area contributed by atoms with Crippen LogP contribution < -0.4 is 10.1 Å². The molecule has 0 bridgehead atoms. The molecule has 0 radical (unpaired) electrons. The quantitative estimate of drug-likeness (QED) is 0.802. The highest BCUT2D eigenvalue weighted by molar-refractivity contribution is 6.03. The van der Waals surface area contributed by atoms with Gasteiger partial charge in [0.25, 0.3) is 5.91 Å². The molecule has 22 heavy (non-hydrogen) atoms. The molecule has 0 unspecified atom stereocenters. The van der Waals surface area contributed by atoms with Gasteiger partial charge in [-0.15, -0.1) is 5.10 Å². The molecule has 0 saturated heterocycles. The van der Waals surface area contributed by atoms with E-state index in [4.69, 9.17) is 4.74 Å². The summed E-state index contributed by atoms with van der Waals surface area (Å²) in [7, 11) is 1.55. The number of hydrogen-bond donors (Lipinski definition) is 1. The van der Waals surface area contributed by atoms with Gasteiger partial charge in [-0.25, -0.2) is 0 Å². The van der Waals surface area contributed by atoms with Gasteiger partial charge in [0, 0.05) is 0 Å². The third kappa shape index (κ3) is 2.80. The van der Waals surface area contributed by atoms with Gasteiger partial charge < -0.3 is 10.1 Å². The van der Waals surface area contributed by atoms with E-state index in [2.05, 4.69) is 15.5 Å². The minimum atomic E-state index is -0.341. The number of para-hydroxylation sites is 3. The van der Waals surface area contributed by atoms with E-state index in [0.717, 1.165) is 5.69 Å². The van der Waals surface area contributed by atoms with Crippen molar-refractivity contribution in [3.63, 3.8) is 0 Å². The largest absolute Gasteiger partial charge is 0.495 e. The highest BCUT2D eigenvalue weighted by Crippen LogP contribution is 2.23. The van der Waals surface area contributed by atoms with Gasteiger partial charge in [0.1, 0.15) is 5.75 Å². The van der Waals surface area contributed by atoms with Crippen LogP contribution >= 0.6 is 0 Å². The van der Waals surface area contributed by atoms with E-state index in [1.54, 1.807) is 19.2 Å². The number of carbonyl (C=O) groups excluding carboxylic acids is 1. The first-order valence-electron chi connectivity index (χ1n) is 6.70. The molecule has 1 N–H and O–H groups in total. The minimum Gasteiger partial charge on any atom is -0.495 e. The first kappa shape index (κ1) is 13.8. The second kappa shape index (κ2) is 6.09. The predicted octanol–water partition coefficient (Wildman–Crippen LogP) is 2.53. The molecule has 0 aliphatic rings. The third-order valence-electron chi connectivity index (χ3n) is 3.07. The average molecular weight is 294 g/mol. The van der Waals surface area contributed by atoms with Crippen molar-refractivity contribution in [1.29, 1.82) is 0 Å². The van der Waals surface area contributed by atoms with Crippen LogP contribution in [0.2, 0.25) is 0 Å². The summed E-state index contributed by atoms with van der Waals surface area (Å²) in [6, 6.07) is 16.6. The fourth-order valence-electron chi connectivity index (χ4n) is 1.99. The molecule has 1 heterocycles. The first-order chi connectivity index (χ1) is 10.8. The predicted molar refractivity (Wildman–Crippen MR) is 82.3 cm³/mol. The van der Waals surface area contributed by atoms with Gasteiger partial charge in [0.2, 0.25) is 0 Å². The number of aromatic nitrogens is 3. The van der Waals surface area contributed by atoms with Crippen LogP contribution in [0.4, 0.5) is 5.69 Å².